The summed E-state index contributed by atoms with van der Waals surface area (Å²) >= 11 is 0. The van der Waals surface area contributed by atoms with E-state index in [1.165, 1.54) is 32.6 Å². The Morgan fingerprint density at radius 1 is 0.955 bits per heavy atom. The number of nitrogens with one attached hydrogen (secondary N) is 2. The van der Waals surface area contributed by atoms with Crippen molar-refractivity contribution >= 4 is 23.2 Å². The first-order valence-corrected chi connectivity index (χ1v) is 7.99. The highest BCUT2D eigenvalue weighted by atomic mass is 16.2. The van der Waals surface area contributed by atoms with E-state index in [4.69, 9.17) is 0 Å². The Hall–Kier alpha value is -1.88. The maximum atomic E-state index is 12.4. The second-order valence-electron chi connectivity index (χ2n) is 5.87. The molecule has 0 bridgehead atoms. The second-order valence-corrected chi connectivity index (χ2v) is 5.87. The van der Waals surface area contributed by atoms with Gasteiger partial charge in [-0.25, -0.2) is 0 Å². The Balaban J connectivity index is 1.91. The molecule has 5 heteroatoms. The van der Waals surface area contributed by atoms with Gasteiger partial charge >= 0.3 is 0 Å². The van der Waals surface area contributed by atoms with E-state index in [0.717, 1.165) is 24.5 Å². The highest BCUT2D eigenvalue weighted by molar-refractivity contribution is 5.95. The standard InChI is InChI=1S/C17H25N3O2/c1-13(20-11-5-3-4-6-12-20)17(22)19-16-9-7-15(8-10-16)18-14(2)21/h7-10,13H,3-6,11-12H2,1-2H3,(H,18,21)(H,19,22)/t13-/m1/s1. The largest absolute Gasteiger partial charge is 0.326 e. The van der Waals surface area contributed by atoms with Crippen molar-refractivity contribution in [2.45, 2.75) is 45.6 Å². The molecule has 0 aliphatic carbocycles. The van der Waals surface area contributed by atoms with Crippen molar-refractivity contribution in [1.82, 2.24) is 4.90 Å². The first-order valence-electron chi connectivity index (χ1n) is 7.99. The number of hydrogen-bond acceptors (Lipinski definition) is 3. The van der Waals surface area contributed by atoms with Crippen molar-refractivity contribution in [3.8, 4) is 0 Å². The van der Waals surface area contributed by atoms with Crippen LogP contribution in [-0.2, 0) is 9.59 Å². The predicted octanol–water partition coefficient (Wildman–Crippen LogP) is 2.85. The molecule has 2 N–H and O–H groups in total. The van der Waals surface area contributed by atoms with Crippen LogP contribution in [0.4, 0.5) is 11.4 Å². The third kappa shape index (κ3) is 4.84. The van der Waals surface area contributed by atoms with Crippen LogP contribution in [0.2, 0.25) is 0 Å². The molecule has 0 aromatic heterocycles. The maximum Gasteiger partial charge on any atom is 0.241 e. The van der Waals surface area contributed by atoms with E-state index in [1.54, 1.807) is 24.3 Å². The molecule has 0 saturated carbocycles. The zero-order chi connectivity index (χ0) is 15.9. The number of carbonyl (C=O) groups excluding carboxylic acids is 2. The van der Waals surface area contributed by atoms with Crippen molar-refractivity contribution in [2.24, 2.45) is 0 Å². The van der Waals surface area contributed by atoms with Gasteiger partial charge in [0.15, 0.2) is 0 Å². The lowest BCUT2D eigenvalue weighted by molar-refractivity contribution is -0.120. The Bertz CT molecular complexity index is 505. The summed E-state index contributed by atoms with van der Waals surface area (Å²) in [6.07, 6.45) is 4.86. The molecule has 5 nitrogen and oxygen atoms in total. The number of carbonyl (C=O) groups is 2. The summed E-state index contributed by atoms with van der Waals surface area (Å²) in [5.41, 5.74) is 1.48. The molecule has 1 fully saturated rings. The smallest absolute Gasteiger partial charge is 0.241 e. The van der Waals surface area contributed by atoms with Gasteiger partial charge in [-0.15, -0.1) is 0 Å². The summed E-state index contributed by atoms with van der Waals surface area (Å²) in [6, 6.07) is 7.06. The Morgan fingerprint density at radius 2 is 1.45 bits per heavy atom. The summed E-state index contributed by atoms with van der Waals surface area (Å²) in [6.45, 7) is 5.43. The number of hydrogen-bond donors (Lipinski definition) is 2. The lowest BCUT2D eigenvalue weighted by Crippen LogP contribution is -2.42. The number of likely N-dealkylation sites (tertiary alicyclic amines) is 1. The van der Waals surface area contributed by atoms with Crippen LogP contribution in [0.3, 0.4) is 0 Å². The molecule has 1 aromatic rings. The van der Waals surface area contributed by atoms with E-state index in [1.807, 2.05) is 6.92 Å². The van der Waals surface area contributed by atoms with Gasteiger partial charge in [0.05, 0.1) is 6.04 Å². The van der Waals surface area contributed by atoms with Crippen LogP contribution in [0, 0.1) is 0 Å². The highest BCUT2D eigenvalue weighted by Crippen LogP contribution is 2.16. The molecule has 1 aromatic carbocycles. The first-order chi connectivity index (χ1) is 10.6. The van der Waals surface area contributed by atoms with Crippen molar-refractivity contribution in [3.63, 3.8) is 0 Å². The third-order valence-corrected chi connectivity index (χ3v) is 4.04. The normalized spacial score (nSPS) is 17.4. The molecule has 1 atom stereocenters. The lowest BCUT2D eigenvalue weighted by Gasteiger charge is -2.26. The van der Waals surface area contributed by atoms with E-state index in [-0.39, 0.29) is 17.9 Å². The average Bonchev–Trinajstić information content (AvgIpc) is 2.77. The summed E-state index contributed by atoms with van der Waals surface area (Å²) in [5, 5.41) is 5.65. The minimum absolute atomic E-state index is 0.0224. The van der Waals surface area contributed by atoms with Crippen LogP contribution in [0.1, 0.15) is 39.5 Å². The van der Waals surface area contributed by atoms with Crippen molar-refractivity contribution in [2.75, 3.05) is 23.7 Å². The van der Waals surface area contributed by atoms with Gasteiger partial charge in [-0.2, -0.15) is 0 Å². The number of rotatable bonds is 4. The molecular formula is C17H25N3O2. The maximum absolute atomic E-state index is 12.4. The fraction of sp³-hybridized carbons (Fsp3) is 0.529. The van der Waals surface area contributed by atoms with Crippen LogP contribution in [0.15, 0.2) is 24.3 Å². The average molecular weight is 303 g/mol. The molecule has 0 unspecified atom stereocenters. The minimum atomic E-state index is -0.117. The summed E-state index contributed by atoms with van der Waals surface area (Å²) in [4.78, 5) is 25.6. The predicted molar refractivity (Wildman–Crippen MR) is 88.9 cm³/mol. The quantitative estimate of drug-likeness (QED) is 0.899. The lowest BCUT2D eigenvalue weighted by atomic mass is 10.2. The van der Waals surface area contributed by atoms with Gasteiger partial charge in [0.25, 0.3) is 0 Å². The van der Waals surface area contributed by atoms with Crippen LogP contribution in [0.25, 0.3) is 0 Å². The zero-order valence-electron chi connectivity index (χ0n) is 13.4. The number of anilines is 2. The second kappa shape index (κ2) is 7.94. The number of amides is 2. The van der Waals surface area contributed by atoms with E-state index >= 15 is 0 Å². The van der Waals surface area contributed by atoms with Gasteiger partial charge < -0.3 is 10.6 Å². The summed E-state index contributed by atoms with van der Waals surface area (Å²) in [7, 11) is 0. The summed E-state index contributed by atoms with van der Waals surface area (Å²) in [5.74, 6) is -0.0826. The minimum Gasteiger partial charge on any atom is -0.326 e. The molecule has 120 valence electrons. The molecular weight excluding hydrogens is 278 g/mol. The summed E-state index contributed by atoms with van der Waals surface area (Å²) < 4.78 is 0. The van der Waals surface area contributed by atoms with Crippen LogP contribution >= 0.6 is 0 Å². The third-order valence-electron chi connectivity index (χ3n) is 4.04. The molecule has 1 saturated heterocycles. The first kappa shape index (κ1) is 16.5. The van der Waals surface area contributed by atoms with Crippen LogP contribution in [0.5, 0.6) is 0 Å². The zero-order valence-corrected chi connectivity index (χ0v) is 13.4. The van der Waals surface area contributed by atoms with E-state index < -0.39 is 0 Å². The molecule has 1 aliphatic heterocycles. The van der Waals surface area contributed by atoms with Gasteiger partial charge in [-0.05, 0) is 57.1 Å². The van der Waals surface area contributed by atoms with Crippen molar-refractivity contribution in [3.05, 3.63) is 24.3 Å². The number of benzene rings is 1. The Kier molecular flexibility index (Phi) is 5.95. The molecule has 2 rings (SSSR count). The van der Waals surface area contributed by atoms with Crippen molar-refractivity contribution in [1.29, 1.82) is 0 Å². The number of nitrogens with zero attached hydrogens (tertiary/aromatic N) is 1. The van der Waals surface area contributed by atoms with Gasteiger partial charge in [0.1, 0.15) is 0 Å². The topological polar surface area (TPSA) is 61.4 Å². The van der Waals surface area contributed by atoms with Gasteiger partial charge in [-0.3, -0.25) is 14.5 Å². The monoisotopic (exact) mass is 303 g/mol. The van der Waals surface area contributed by atoms with Gasteiger partial charge in [-0.1, -0.05) is 12.8 Å². The fourth-order valence-electron chi connectivity index (χ4n) is 2.74. The Labute approximate surface area is 132 Å². The van der Waals surface area contributed by atoms with E-state index in [0.29, 0.717) is 0 Å². The van der Waals surface area contributed by atoms with E-state index in [2.05, 4.69) is 15.5 Å². The van der Waals surface area contributed by atoms with E-state index in [9.17, 15) is 9.59 Å². The van der Waals surface area contributed by atoms with Gasteiger partial charge in [0.2, 0.25) is 11.8 Å². The molecule has 1 aliphatic rings. The Morgan fingerprint density at radius 3 is 1.95 bits per heavy atom. The SMILES string of the molecule is CC(=O)Nc1ccc(NC(=O)[C@@H](C)N2CCCCCC2)cc1. The van der Waals surface area contributed by atoms with Gasteiger partial charge in [0, 0.05) is 18.3 Å². The molecule has 0 radical (unpaired) electrons. The molecule has 22 heavy (non-hydrogen) atoms. The highest BCUT2D eigenvalue weighted by Gasteiger charge is 2.21. The molecule has 2 amide bonds. The molecule has 0 spiro atoms. The van der Waals surface area contributed by atoms with Crippen LogP contribution < -0.4 is 10.6 Å². The fourth-order valence-corrected chi connectivity index (χ4v) is 2.74. The van der Waals surface area contributed by atoms with Crippen LogP contribution in [-0.4, -0.2) is 35.8 Å². The van der Waals surface area contributed by atoms with Crippen molar-refractivity contribution < 1.29 is 9.59 Å². The molecule has 1 heterocycles.